The van der Waals surface area contributed by atoms with Crippen LogP contribution in [0.1, 0.15) is 12.6 Å². The van der Waals surface area contributed by atoms with E-state index in [2.05, 4.69) is 17.3 Å². The molecule has 4 heteroatoms. The molecule has 0 spiro atoms. The monoisotopic (exact) mass is 221 g/mol. The van der Waals surface area contributed by atoms with Gasteiger partial charge in [-0.2, -0.15) is 0 Å². The number of aryl methyl sites for hydroxylation is 1. The van der Waals surface area contributed by atoms with Crippen LogP contribution in [0.5, 0.6) is 0 Å². The van der Waals surface area contributed by atoms with Crippen LogP contribution in [0.15, 0.2) is 9.72 Å². The van der Waals surface area contributed by atoms with Crippen LogP contribution in [0.3, 0.4) is 0 Å². The van der Waals surface area contributed by atoms with E-state index in [0.29, 0.717) is 5.92 Å². The molecule has 0 amide bonds. The topological polar surface area (TPSA) is 12.9 Å². The fourth-order valence-electron chi connectivity index (χ4n) is 0.657. The Morgan fingerprint density at radius 3 is 3.00 bits per heavy atom. The van der Waals surface area contributed by atoms with Crippen LogP contribution >= 0.6 is 34.7 Å². The fraction of sp³-hybridized carbons (Fsp3) is 0.625. The molecule has 0 aliphatic carbocycles. The minimum atomic E-state index is 0.570. The van der Waals surface area contributed by atoms with Gasteiger partial charge in [0, 0.05) is 22.7 Å². The van der Waals surface area contributed by atoms with Crippen LogP contribution in [0.25, 0.3) is 0 Å². The van der Waals surface area contributed by atoms with Crippen molar-refractivity contribution in [3.63, 3.8) is 0 Å². The molecule has 1 atom stereocenters. The van der Waals surface area contributed by atoms with Crippen molar-refractivity contribution in [3.05, 3.63) is 11.1 Å². The zero-order valence-electron chi connectivity index (χ0n) is 7.21. The Kier molecular flexibility index (Phi) is 4.40. The van der Waals surface area contributed by atoms with Gasteiger partial charge in [-0.15, -0.1) is 22.9 Å². The van der Waals surface area contributed by atoms with Crippen molar-refractivity contribution in [2.24, 2.45) is 5.92 Å². The van der Waals surface area contributed by atoms with Crippen molar-refractivity contribution in [2.45, 2.75) is 18.2 Å². The Labute approximate surface area is 86.5 Å². The number of halogens is 1. The van der Waals surface area contributed by atoms with Crippen LogP contribution in [0, 0.1) is 12.8 Å². The third kappa shape index (κ3) is 3.33. The summed E-state index contributed by atoms with van der Waals surface area (Å²) in [5, 5.41) is 2.08. The summed E-state index contributed by atoms with van der Waals surface area (Å²) in [6, 6.07) is 0. The Bertz CT molecular complexity index is 237. The molecule has 1 rings (SSSR count). The average molecular weight is 222 g/mol. The highest BCUT2D eigenvalue weighted by atomic mass is 35.5. The first-order chi connectivity index (χ1) is 5.72. The second-order valence-corrected chi connectivity index (χ2v) is 5.26. The first-order valence-corrected chi connectivity index (χ1v) is 6.23. The van der Waals surface area contributed by atoms with Crippen molar-refractivity contribution in [1.29, 1.82) is 0 Å². The van der Waals surface area contributed by atoms with E-state index in [1.807, 2.05) is 6.92 Å². The summed E-state index contributed by atoms with van der Waals surface area (Å²) < 4.78 is 1.16. The lowest BCUT2D eigenvalue weighted by Gasteiger charge is -2.03. The van der Waals surface area contributed by atoms with E-state index in [1.54, 1.807) is 23.1 Å². The number of nitrogens with zero attached hydrogens (tertiary/aromatic N) is 1. The number of thiazole rings is 1. The Hall–Kier alpha value is 0.270. The minimum absolute atomic E-state index is 0.570. The van der Waals surface area contributed by atoms with Gasteiger partial charge in [0.05, 0.1) is 0 Å². The number of alkyl halides is 1. The third-order valence-electron chi connectivity index (χ3n) is 1.35. The Morgan fingerprint density at radius 1 is 1.75 bits per heavy atom. The van der Waals surface area contributed by atoms with Crippen molar-refractivity contribution in [2.75, 3.05) is 11.6 Å². The van der Waals surface area contributed by atoms with Crippen LogP contribution in [-0.4, -0.2) is 16.6 Å². The fourth-order valence-corrected chi connectivity index (χ4v) is 2.79. The molecular formula is C8H12ClNS2. The minimum Gasteiger partial charge on any atom is -0.235 e. The van der Waals surface area contributed by atoms with Gasteiger partial charge in [-0.3, -0.25) is 0 Å². The molecular weight excluding hydrogens is 210 g/mol. The number of thioether (sulfide) groups is 1. The lowest BCUT2D eigenvalue weighted by Crippen LogP contribution is -1.98. The molecule has 0 saturated heterocycles. The summed E-state index contributed by atoms with van der Waals surface area (Å²) in [4.78, 5) is 4.36. The smallest absolute Gasteiger partial charge is 0.150 e. The second kappa shape index (κ2) is 5.10. The van der Waals surface area contributed by atoms with Gasteiger partial charge in [-0.1, -0.05) is 18.7 Å². The molecule has 1 unspecified atom stereocenters. The van der Waals surface area contributed by atoms with Crippen LogP contribution < -0.4 is 0 Å². The van der Waals surface area contributed by atoms with Crippen molar-refractivity contribution in [1.82, 2.24) is 4.98 Å². The highest BCUT2D eigenvalue weighted by Gasteiger charge is 2.03. The zero-order valence-corrected chi connectivity index (χ0v) is 9.60. The average Bonchev–Trinajstić information content (AvgIpc) is 2.47. The maximum atomic E-state index is 5.69. The van der Waals surface area contributed by atoms with Crippen molar-refractivity contribution >= 4 is 34.7 Å². The third-order valence-corrected chi connectivity index (χ3v) is 4.35. The summed E-state index contributed by atoms with van der Waals surface area (Å²) >= 11 is 9.20. The molecule has 1 heterocycles. The Morgan fingerprint density at radius 2 is 2.50 bits per heavy atom. The van der Waals surface area contributed by atoms with Gasteiger partial charge in [0.15, 0.2) is 0 Å². The zero-order chi connectivity index (χ0) is 8.97. The van der Waals surface area contributed by atoms with E-state index in [0.717, 1.165) is 21.7 Å². The summed E-state index contributed by atoms with van der Waals surface area (Å²) in [5.41, 5.74) is 1.11. The van der Waals surface area contributed by atoms with E-state index in [4.69, 9.17) is 11.6 Å². The van der Waals surface area contributed by atoms with Gasteiger partial charge in [-0.25, -0.2) is 4.98 Å². The van der Waals surface area contributed by atoms with E-state index in [-0.39, 0.29) is 0 Å². The molecule has 0 aliphatic heterocycles. The highest BCUT2D eigenvalue weighted by Crippen LogP contribution is 2.24. The summed E-state index contributed by atoms with van der Waals surface area (Å²) in [6.07, 6.45) is 0. The lowest BCUT2D eigenvalue weighted by atomic mass is 10.3. The number of rotatable bonds is 4. The molecule has 0 N–H and O–H groups in total. The number of hydrogen-bond donors (Lipinski definition) is 0. The molecule has 0 bridgehead atoms. The van der Waals surface area contributed by atoms with E-state index in [9.17, 15) is 0 Å². The molecule has 68 valence electrons. The largest absolute Gasteiger partial charge is 0.235 e. The predicted molar refractivity (Wildman–Crippen MR) is 57.5 cm³/mol. The van der Waals surface area contributed by atoms with E-state index >= 15 is 0 Å². The second-order valence-electron chi connectivity index (χ2n) is 2.83. The number of aromatic nitrogens is 1. The summed E-state index contributed by atoms with van der Waals surface area (Å²) in [6.45, 7) is 4.17. The molecule has 0 fully saturated rings. The van der Waals surface area contributed by atoms with Crippen LogP contribution in [-0.2, 0) is 0 Å². The van der Waals surface area contributed by atoms with E-state index < -0.39 is 0 Å². The molecule has 1 aromatic rings. The molecule has 1 aromatic heterocycles. The van der Waals surface area contributed by atoms with E-state index in [1.165, 1.54) is 0 Å². The van der Waals surface area contributed by atoms with Crippen LogP contribution in [0.4, 0.5) is 0 Å². The quantitative estimate of drug-likeness (QED) is 0.571. The maximum absolute atomic E-state index is 5.69. The Balaban J connectivity index is 2.33. The summed E-state index contributed by atoms with van der Waals surface area (Å²) in [5.74, 6) is 2.37. The lowest BCUT2D eigenvalue weighted by molar-refractivity contribution is 0.758. The van der Waals surface area contributed by atoms with Gasteiger partial charge in [0.25, 0.3) is 0 Å². The standard InChI is InChI=1S/C8H12ClNS2/c1-6(3-9)4-11-8-10-7(2)5-12-8/h5-6H,3-4H2,1-2H3. The first-order valence-electron chi connectivity index (χ1n) is 3.83. The molecule has 0 saturated carbocycles. The van der Waals surface area contributed by atoms with Gasteiger partial charge in [0.1, 0.15) is 4.34 Å². The predicted octanol–water partition coefficient (Wildman–Crippen LogP) is 3.42. The molecule has 0 radical (unpaired) electrons. The number of hydrogen-bond acceptors (Lipinski definition) is 3. The SMILES string of the molecule is Cc1csc(SCC(C)CCl)n1. The normalized spacial score (nSPS) is 13.2. The molecule has 0 aromatic carbocycles. The van der Waals surface area contributed by atoms with Gasteiger partial charge >= 0.3 is 0 Å². The van der Waals surface area contributed by atoms with Crippen molar-refractivity contribution in [3.8, 4) is 0 Å². The molecule has 1 nitrogen and oxygen atoms in total. The van der Waals surface area contributed by atoms with Crippen LogP contribution in [0.2, 0.25) is 0 Å². The maximum Gasteiger partial charge on any atom is 0.150 e. The molecule has 12 heavy (non-hydrogen) atoms. The van der Waals surface area contributed by atoms with Gasteiger partial charge < -0.3 is 0 Å². The first kappa shape index (κ1) is 10.4. The van der Waals surface area contributed by atoms with Gasteiger partial charge in [-0.05, 0) is 12.8 Å². The van der Waals surface area contributed by atoms with Crippen molar-refractivity contribution < 1.29 is 0 Å². The van der Waals surface area contributed by atoms with Gasteiger partial charge in [0.2, 0.25) is 0 Å². The highest BCUT2D eigenvalue weighted by molar-refractivity contribution is 8.01. The molecule has 0 aliphatic rings. The summed E-state index contributed by atoms with van der Waals surface area (Å²) in [7, 11) is 0.